The Morgan fingerprint density at radius 3 is 2.76 bits per heavy atom. The summed E-state index contributed by atoms with van der Waals surface area (Å²) in [7, 11) is 1.89. The summed E-state index contributed by atoms with van der Waals surface area (Å²) in [6.07, 6.45) is 2.11. The highest BCUT2D eigenvalue weighted by atomic mass is 16.5. The van der Waals surface area contributed by atoms with Crippen molar-refractivity contribution in [2.75, 3.05) is 6.61 Å². The molecule has 0 saturated carbocycles. The summed E-state index contributed by atoms with van der Waals surface area (Å²) in [6, 6.07) is 5.99. The fourth-order valence-electron chi connectivity index (χ4n) is 2.91. The summed E-state index contributed by atoms with van der Waals surface area (Å²) in [6.45, 7) is 7.02. The predicted octanol–water partition coefficient (Wildman–Crippen LogP) is 2.73. The molecule has 21 heavy (non-hydrogen) atoms. The average molecular weight is 286 g/mol. The van der Waals surface area contributed by atoms with Crippen molar-refractivity contribution >= 4 is 0 Å². The molecule has 1 aromatic carbocycles. The first-order valence-electron chi connectivity index (χ1n) is 7.34. The summed E-state index contributed by atoms with van der Waals surface area (Å²) in [4.78, 5) is 0. The molecule has 0 saturated heterocycles. The third-order valence-corrected chi connectivity index (χ3v) is 3.90. The first-order valence-corrected chi connectivity index (χ1v) is 7.34. The second kappa shape index (κ2) is 4.88. The van der Waals surface area contributed by atoms with Gasteiger partial charge in [-0.1, -0.05) is 39.0 Å². The van der Waals surface area contributed by atoms with Crippen LogP contribution in [0.2, 0.25) is 0 Å². The molecule has 0 fully saturated rings. The van der Waals surface area contributed by atoms with E-state index in [0.717, 1.165) is 29.0 Å². The highest BCUT2D eigenvalue weighted by Gasteiger charge is 2.29. The average Bonchev–Trinajstić information content (AvgIpc) is 3.02. The molecule has 1 N–H and O–H groups in total. The maximum absolute atomic E-state index is 10.9. The molecular weight excluding hydrogens is 264 g/mol. The minimum absolute atomic E-state index is 0.115. The number of aliphatic hydroxyl groups is 1. The molecule has 3 rings (SSSR count). The van der Waals surface area contributed by atoms with Crippen molar-refractivity contribution < 1.29 is 9.84 Å². The molecule has 1 unspecified atom stereocenters. The van der Waals surface area contributed by atoms with Gasteiger partial charge in [0.2, 0.25) is 0 Å². The van der Waals surface area contributed by atoms with Gasteiger partial charge in [-0.05, 0) is 5.56 Å². The molecule has 1 aromatic heterocycles. The smallest absolute Gasteiger partial charge is 0.128 e. The Morgan fingerprint density at radius 1 is 1.29 bits per heavy atom. The van der Waals surface area contributed by atoms with E-state index in [1.807, 2.05) is 25.4 Å². The minimum Gasteiger partial charge on any atom is -0.493 e. The normalized spacial score (nSPS) is 15.7. The maximum atomic E-state index is 10.9. The lowest BCUT2D eigenvalue weighted by atomic mass is 9.86. The molecule has 4 heteroatoms. The molecule has 2 aromatic rings. The number of para-hydroxylation sites is 1. The Kier molecular flexibility index (Phi) is 3.29. The number of benzene rings is 1. The van der Waals surface area contributed by atoms with Crippen molar-refractivity contribution in [3.8, 4) is 5.75 Å². The van der Waals surface area contributed by atoms with Crippen molar-refractivity contribution in [2.24, 2.45) is 7.05 Å². The Hall–Kier alpha value is -1.81. The van der Waals surface area contributed by atoms with Gasteiger partial charge >= 0.3 is 0 Å². The van der Waals surface area contributed by atoms with E-state index in [1.54, 1.807) is 4.68 Å². The summed E-state index contributed by atoms with van der Waals surface area (Å²) in [5.41, 5.74) is 3.68. The van der Waals surface area contributed by atoms with Crippen molar-refractivity contribution in [3.63, 3.8) is 0 Å². The lowest BCUT2D eigenvalue weighted by molar-refractivity contribution is 0.211. The summed E-state index contributed by atoms with van der Waals surface area (Å²) in [5, 5.41) is 15.4. The molecule has 0 radical (unpaired) electrons. The Labute approximate surface area is 125 Å². The molecule has 1 atom stereocenters. The Bertz CT molecular complexity index is 668. The lowest BCUT2D eigenvalue weighted by Crippen LogP contribution is -2.16. The fourth-order valence-corrected chi connectivity index (χ4v) is 2.91. The van der Waals surface area contributed by atoms with Crippen LogP contribution < -0.4 is 4.74 Å². The predicted molar refractivity (Wildman–Crippen MR) is 81.6 cm³/mol. The van der Waals surface area contributed by atoms with E-state index >= 15 is 0 Å². The van der Waals surface area contributed by atoms with E-state index in [2.05, 4.69) is 31.9 Å². The van der Waals surface area contributed by atoms with E-state index in [0.29, 0.717) is 6.61 Å². The molecule has 0 aliphatic carbocycles. The zero-order chi connectivity index (χ0) is 15.2. The van der Waals surface area contributed by atoms with E-state index in [4.69, 9.17) is 4.74 Å². The van der Waals surface area contributed by atoms with E-state index < -0.39 is 6.10 Å². The monoisotopic (exact) mass is 286 g/mol. The van der Waals surface area contributed by atoms with Gasteiger partial charge in [-0.25, -0.2) is 0 Å². The second-order valence-corrected chi connectivity index (χ2v) is 6.69. The van der Waals surface area contributed by atoms with E-state index in [9.17, 15) is 5.11 Å². The standard InChI is InChI=1S/C17H22N2O2/c1-17(2,3)16-13(10-19(4)18-16)14(20)12-7-5-6-11-8-9-21-15(11)12/h5-7,10,14,20H,8-9H2,1-4H3. The van der Waals surface area contributed by atoms with Gasteiger partial charge in [0.05, 0.1) is 12.3 Å². The molecule has 0 amide bonds. The second-order valence-electron chi connectivity index (χ2n) is 6.69. The summed E-state index contributed by atoms with van der Waals surface area (Å²) < 4.78 is 7.48. The van der Waals surface area contributed by atoms with Crippen LogP contribution >= 0.6 is 0 Å². The SMILES string of the molecule is Cn1cc(C(O)c2cccc3c2OCC3)c(C(C)(C)C)n1. The minimum atomic E-state index is -0.707. The van der Waals surface area contributed by atoms with E-state index in [-0.39, 0.29) is 5.41 Å². The van der Waals surface area contributed by atoms with Crippen LogP contribution in [0.25, 0.3) is 0 Å². The number of hydrogen-bond acceptors (Lipinski definition) is 3. The molecule has 1 aliphatic rings. The van der Waals surface area contributed by atoms with Gasteiger partial charge in [0.25, 0.3) is 0 Å². The maximum Gasteiger partial charge on any atom is 0.128 e. The van der Waals surface area contributed by atoms with Crippen molar-refractivity contribution in [1.82, 2.24) is 9.78 Å². The number of nitrogens with zero attached hydrogens (tertiary/aromatic N) is 2. The van der Waals surface area contributed by atoms with E-state index in [1.165, 1.54) is 5.56 Å². The summed E-state index contributed by atoms with van der Waals surface area (Å²) >= 11 is 0. The third kappa shape index (κ3) is 2.44. The molecule has 1 aliphatic heterocycles. The Morgan fingerprint density at radius 2 is 2.05 bits per heavy atom. The molecule has 4 nitrogen and oxygen atoms in total. The number of hydrogen-bond donors (Lipinski definition) is 1. The number of aryl methyl sites for hydroxylation is 1. The number of aliphatic hydroxyl groups excluding tert-OH is 1. The number of aromatic nitrogens is 2. The van der Waals surface area contributed by atoms with Crippen molar-refractivity contribution in [1.29, 1.82) is 0 Å². The van der Waals surface area contributed by atoms with Crippen LogP contribution in [0.3, 0.4) is 0 Å². The van der Waals surface area contributed by atoms with Crippen LogP contribution in [0, 0.1) is 0 Å². The Balaban J connectivity index is 2.08. The van der Waals surface area contributed by atoms with Crippen LogP contribution in [0.5, 0.6) is 5.75 Å². The highest BCUT2D eigenvalue weighted by molar-refractivity contribution is 5.48. The van der Waals surface area contributed by atoms with Gasteiger partial charge in [-0.2, -0.15) is 5.10 Å². The van der Waals surface area contributed by atoms with Gasteiger partial charge in [-0.15, -0.1) is 0 Å². The molecule has 0 bridgehead atoms. The number of ether oxygens (including phenoxy) is 1. The quantitative estimate of drug-likeness (QED) is 0.923. The fraction of sp³-hybridized carbons (Fsp3) is 0.471. The van der Waals surface area contributed by atoms with Gasteiger partial charge in [0.15, 0.2) is 0 Å². The largest absolute Gasteiger partial charge is 0.493 e. The molecular formula is C17H22N2O2. The zero-order valence-corrected chi connectivity index (χ0v) is 13.1. The van der Waals surface area contributed by atoms with Gasteiger partial charge < -0.3 is 9.84 Å². The molecule has 112 valence electrons. The van der Waals surface area contributed by atoms with Crippen LogP contribution in [-0.4, -0.2) is 21.5 Å². The third-order valence-electron chi connectivity index (χ3n) is 3.90. The molecule has 0 spiro atoms. The first kappa shape index (κ1) is 14.1. The highest BCUT2D eigenvalue weighted by Crippen LogP contribution is 2.38. The molecule has 2 heterocycles. The van der Waals surface area contributed by atoms with Crippen LogP contribution in [-0.2, 0) is 18.9 Å². The number of rotatable bonds is 2. The lowest BCUT2D eigenvalue weighted by Gasteiger charge is -2.21. The van der Waals surface area contributed by atoms with Gasteiger partial charge in [-0.3, -0.25) is 4.68 Å². The van der Waals surface area contributed by atoms with Crippen molar-refractivity contribution in [3.05, 3.63) is 46.8 Å². The van der Waals surface area contributed by atoms with Crippen LogP contribution in [0.15, 0.2) is 24.4 Å². The summed E-state index contributed by atoms with van der Waals surface area (Å²) in [5.74, 6) is 0.841. The topological polar surface area (TPSA) is 47.3 Å². The van der Waals surface area contributed by atoms with Crippen molar-refractivity contribution in [2.45, 2.75) is 38.7 Å². The van der Waals surface area contributed by atoms with Gasteiger partial charge in [0.1, 0.15) is 11.9 Å². The van der Waals surface area contributed by atoms with Crippen LogP contribution in [0.1, 0.15) is 49.3 Å². The number of fused-ring (bicyclic) bond motifs is 1. The van der Waals surface area contributed by atoms with Crippen LogP contribution in [0.4, 0.5) is 0 Å². The zero-order valence-electron chi connectivity index (χ0n) is 13.1. The van der Waals surface area contributed by atoms with Gasteiger partial charge in [0, 0.05) is 36.2 Å². The first-order chi connectivity index (χ1) is 9.88.